The summed E-state index contributed by atoms with van der Waals surface area (Å²) < 4.78 is 13.0. The molecule has 2 saturated heterocycles. The van der Waals surface area contributed by atoms with Gasteiger partial charge in [0.25, 0.3) is 5.91 Å². The minimum absolute atomic E-state index is 0.0874. The second-order valence-corrected chi connectivity index (χ2v) is 7.04. The molecule has 27 heavy (non-hydrogen) atoms. The van der Waals surface area contributed by atoms with Gasteiger partial charge in [-0.1, -0.05) is 0 Å². The van der Waals surface area contributed by atoms with E-state index in [0.717, 1.165) is 18.8 Å². The van der Waals surface area contributed by atoms with Gasteiger partial charge in [0.05, 0.1) is 12.1 Å². The first kappa shape index (κ1) is 17.5. The molecule has 2 aliphatic heterocycles. The lowest BCUT2D eigenvalue weighted by Crippen LogP contribution is -2.35. The minimum atomic E-state index is -0.635. The summed E-state index contributed by atoms with van der Waals surface area (Å²) in [6, 6.07) is 12.7. The van der Waals surface area contributed by atoms with E-state index in [4.69, 9.17) is 0 Å². The number of hydrogen-bond acceptors (Lipinski definition) is 4. The van der Waals surface area contributed by atoms with Crippen LogP contribution in [0.5, 0.6) is 0 Å². The van der Waals surface area contributed by atoms with E-state index in [9.17, 15) is 14.0 Å². The van der Waals surface area contributed by atoms with Crippen LogP contribution in [0.1, 0.15) is 25.7 Å². The fraction of sp³-hybridized carbons (Fsp3) is 0.333. The molecule has 2 amide bonds. The number of benzene rings is 2. The molecule has 2 aromatic carbocycles. The number of piperidine rings is 1. The largest absolute Gasteiger partial charge is 0.373 e. The van der Waals surface area contributed by atoms with E-state index in [1.54, 1.807) is 12.1 Å². The molecule has 0 aromatic heterocycles. The third-order valence-electron chi connectivity index (χ3n) is 5.16. The molecule has 5 nitrogen and oxygen atoms in total. The lowest BCUT2D eigenvalue weighted by Gasteiger charge is -2.29. The molecule has 4 rings (SSSR count). The number of halogens is 1. The zero-order chi connectivity index (χ0) is 18.8. The van der Waals surface area contributed by atoms with Crippen LogP contribution < -0.4 is 15.1 Å². The highest BCUT2D eigenvalue weighted by atomic mass is 19.1. The number of carbonyl (C=O) groups is 2. The van der Waals surface area contributed by atoms with E-state index >= 15 is 0 Å². The number of hydrogen-bond donors (Lipinski definition) is 1. The van der Waals surface area contributed by atoms with Crippen LogP contribution in [-0.2, 0) is 9.59 Å². The SMILES string of the molecule is O=C1CC(Nc2ccc(F)cc2)C(=O)N1c1ccc(N2CCCCC2)cc1. The Morgan fingerprint density at radius 3 is 2.15 bits per heavy atom. The summed E-state index contributed by atoms with van der Waals surface area (Å²) in [5, 5.41) is 3.02. The maximum Gasteiger partial charge on any atom is 0.256 e. The Balaban J connectivity index is 1.47. The van der Waals surface area contributed by atoms with Gasteiger partial charge in [0.1, 0.15) is 11.9 Å². The summed E-state index contributed by atoms with van der Waals surface area (Å²) in [6.45, 7) is 2.09. The number of nitrogens with one attached hydrogen (secondary N) is 1. The zero-order valence-electron chi connectivity index (χ0n) is 15.0. The molecular formula is C21H22FN3O2. The van der Waals surface area contributed by atoms with Crippen molar-refractivity contribution in [3.8, 4) is 0 Å². The third kappa shape index (κ3) is 3.65. The molecule has 6 heteroatoms. The van der Waals surface area contributed by atoms with Crippen LogP contribution in [0, 0.1) is 5.82 Å². The fourth-order valence-corrected chi connectivity index (χ4v) is 3.73. The molecule has 1 unspecified atom stereocenters. The van der Waals surface area contributed by atoms with Crippen molar-refractivity contribution >= 4 is 28.9 Å². The topological polar surface area (TPSA) is 52.7 Å². The molecule has 140 valence electrons. The lowest BCUT2D eigenvalue weighted by molar-refractivity contribution is -0.121. The van der Waals surface area contributed by atoms with Gasteiger partial charge in [-0.25, -0.2) is 9.29 Å². The number of amides is 2. The highest BCUT2D eigenvalue weighted by Crippen LogP contribution is 2.28. The monoisotopic (exact) mass is 367 g/mol. The van der Waals surface area contributed by atoms with E-state index in [1.807, 2.05) is 24.3 Å². The number of nitrogens with zero attached hydrogens (tertiary/aromatic N) is 2. The standard InChI is InChI=1S/C21H22FN3O2/c22-15-4-6-16(7-5-15)23-19-14-20(26)25(21(19)27)18-10-8-17(9-11-18)24-12-2-1-3-13-24/h4-11,19,23H,1-3,12-14H2. The molecule has 0 bridgehead atoms. The number of anilines is 3. The van der Waals surface area contributed by atoms with E-state index in [2.05, 4.69) is 10.2 Å². The molecule has 0 radical (unpaired) electrons. The van der Waals surface area contributed by atoms with Gasteiger partial charge in [0, 0.05) is 24.5 Å². The summed E-state index contributed by atoms with van der Waals surface area (Å²) in [5.41, 5.74) is 2.33. The average Bonchev–Trinajstić information content (AvgIpc) is 2.98. The Morgan fingerprint density at radius 1 is 0.852 bits per heavy atom. The molecule has 2 aromatic rings. The van der Waals surface area contributed by atoms with E-state index in [-0.39, 0.29) is 24.1 Å². The summed E-state index contributed by atoms with van der Waals surface area (Å²) in [4.78, 5) is 28.7. The Morgan fingerprint density at radius 2 is 1.48 bits per heavy atom. The Labute approximate surface area is 157 Å². The van der Waals surface area contributed by atoms with Gasteiger partial charge in [0.2, 0.25) is 5.91 Å². The first-order valence-electron chi connectivity index (χ1n) is 9.36. The second kappa shape index (κ2) is 7.39. The quantitative estimate of drug-likeness (QED) is 0.840. The van der Waals surface area contributed by atoms with Crippen molar-refractivity contribution in [2.24, 2.45) is 0 Å². The highest BCUT2D eigenvalue weighted by molar-refractivity contribution is 6.23. The van der Waals surface area contributed by atoms with Gasteiger partial charge in [0.15, 0.2) is 0 Å². The van der Waals surface area contributed by atoms with Crippen LogP contribution in [0.25, 0.3) is 0 Å². The summed E-state index contributed by atoms with van der Waals surface area (Å²) in [6.07, 6.45) is 3.75. The van der Waals surface area contributed by atoms with Crippen molar-refractivity contribution in [1.82, 2.24) is 0 Å². The maximum atomic E-state index is 13.0. The molecule has 2 fully saturated rings. The fourth-order valence-electron chi connectivity index (χ4n) is 3.73. The zero-order valence-corrected chi connectivity index (χ0v) is 15.0. The molecule has 1 atom stereocenters. The Kier molecular flexibility index (Phi) is 4.79. The Bertz CT molecular complexity index is 830. The van der Waals surface area contributed by atoms with Crippen LogP contribution in [0.2, 0.25) is 0 Å². The van der Waals surface area contributed by atoms with E-state index in [0.29, 0.717) is 11.4 Å². The van der Waals surface area contributed by atoms with Gasteiger partial charge in [-0.2, -0.15) is 0 Å². The molecule has 0 saturated carbocycles. The third-order valence-corrected chi connectivity index (χ3v) is 5.16. The van der Waals surface area contributed by atoms with Crippen molar-refractivity contribution < 1.29 is 14.0 Å². The van der Waals surface area contributed by atoms with Crippen molar-refractivity contribution in [3.05, 3.63) is 54.3 Å². The smallest absolute Gasteiger partial charge is 0.256 e. The van der Waals surface area contributed by atoms with Crippen LogP contribution in [0.4, 0.5) is 21.5 Å². The molecular weight excluding hydrogens is 345 g/mol. The molecule has 1 N–H and O–H groups in total. The van der Waals surface area contributed by atoms with Gasteiger partial charge >= 0.3 is 0 Å². The highest BCUT2D eigenvalue weighted by Gasteiger charge is 2.39. The maximum absolute atomic E-state index is 13.0. The van der Waals surface area contributed by atoms with Gasteiger partial charge < -0.3 is 10.2 Å². The minimum Gasteiger partial charge on any atom is -0.373 e. The predicted octanol–water partition coefficient (Wildman–Crippen LogP) is 3.56. The normalized spacial score (nSPS) is 20.3. The number of rotatable bonds is 4. The summed E-state index contributed by atoms with van der Waals surface area (Å²) in [7, 11) is 0. The first-order chi connectivity index (χ1) is 13.1. The van der Waals surface area contributed by atoms with Gasteiger partial charge in [-0.3, -0.25) is 9.59 Å². The first-order valence-corrected chi connectivity index (χ1v) is 9.36. The van der Waals surface area contributed by atoms with Crippen molar-refractivity contribution in [1.29, 1.82) is 0 Å². The van der Waals surface area contributed by atoms with Crippen LogP contribution in [-0.4, -0.2) is 30.9 Å². The van der Waals surface area contributed by atoms with Gasteiger partial charge in [-0.05, 0) is 67.8 Å². The Hall–Kier alpha value is -2.89. The lowest BCUT2D eigenvalue weighted by atomic mass is 10.1. The number of imide groups is 1. The van der Waals surface area contributed by atoms with Crippen LogP contribution in [0.3, 0.4) is 0 Å². The van der Waals surface area contributed by atoms with Crippen molar-refractivity contribution in [2.75, 3.05) is 28.2 Å². The van der Waals surface area contributed by atoms with E-state index < -0.39 is 6.04 Å². The van der Waals surface area contributed by atoms with E-state index in [1.165, 1.54) is 36.3 Å². The van der Waals surface area contributed by atoms with Gasteiger partial charge in [-0.15, -0.1) is 0 Å². The molecule has 2 heterocycles. The van der Waals surface area contributed by atoms with Crippen molar-refractivity contribution in [3.63, 3.8) is 0 Å². The summed E-state index contributed by atoms with van der Waals surface area (Å²) >= 11 is 0. The molecule has 0 aliphatic carbocycles. The molecule has 2 aliphatic rings. The number of carbonyl (C=O) groups excluding carboxylic acids is 2. The molecule has 0 spiro atoms. The second-order valence-electron chi connectivity index (χ2n) is 7.04. The summed E-state index contributed by atoms with van der Waals surface area (Å²) in [5.74, 6) is -0.856. The average molecular weight is 367 g/mol. The van der Waals surface area contributed by atoms with Crippen molar-refractivity contribution in [2.45, 2.75) is 31.7 Å². The van der Waals surface area contributed by atoms with Crippen LogP contribution >= 0.6 is 0 Å². The predicted molar refractivity (Wildman–Crippen MR) is 103 cm³/mol. The van der Waals surface area contributed by atoms with Crippen LogP contribution in [0.15, 0.2) is 48.5 Å².